The lowest BCUT2D eigenvalue weighted by Crippen LogP contribution is -2.38. The summed E-state index contributed by atoms with van der Waals surface area (Å²) < 4.78 is 14.6. The molecule has 0 aliphatic rings. The Bertz CT molecular complexity index is 3460. The molecule has 9 heteroatoms. The maximum atomic E-state index is 7.27. The molecule has 0 aliphatic heterocycles. The lowest BCUT2D eigenvalue weighted by Gasteiger charge is -2.23. The van der Waals surface area contributed by atoms with Gasteiger partial charge in [0.25, 0.3) is 0 Å². The number of aromatic nitrogens is 1. The number of fused-ring (bicyclic) bond motifs is 8. The highest BCUT2D eigenvalue weighted by atomic mass is 17.0. The van der Waals surface area contributed by atoms with Crippen LogP contribution in [0.3, 0.4) is 0 Å². The fourth-order valence-corrected chi connectivity index (χ4v) is 9.14. The summed E-state index contributed by atoms with van der Waals surface area (Å²) in [4.78, 5) is 0. The molecule has 61 heavy (non-hydrogen) atoms. The van der Waals surface area contributed by atoms with Crippen molar-refractivity contribution >= 4 is 145 Å². The van der Waals surface area contributed by atoms with Gasteiger partial charge in [-0.05, 0) is 112 Å². The summed E-state index contributed by atoms with van der Waals surface area (Å²) in [6.45, 7) is 0. The van der Waals surface area contributed by atoms with E-state index in [4.69, 9.17) is 56.2 Å². The molecule has 10 aromatic carbocycles. The van der Waals surface area contributed by atoms with Gasteiger partial charge >= 0.3 is 0 Å². The molecule has 12 radical (unpaired) electrons. The summed E-state index contributed by atoms with van der Waals surface area (Å²) in [6, 6.07) is 54.9. The van der Waals surface area contributed by atoms with E-state index in [0.717, 1.165) is 65.3 Å². The molecule has 3 nitrogen and oxygen atoms in total. The van der Waals surface area contributed by atoms with E-state index in [1.54, 1.807) is 0 Å². The maximum absolute atomic E-state index is 7.27. The Kier molecular flexibility index (Phi) is 8.72. The fraction of sp³-hybridized carbons (Fsp3) is 0. The predicted octanol–water partition coefficient (Wildman–Crippen LogP) is 7.47. The monoisotopic (exact) mass is 763 g/mol. The van der Waals surface area contributed by atoms with Crippen LogP contribution in [0.1, 0.15) is 0 Å². The first kappa shape index (κ1) is 37.1. The van der Waals surface area contributed by atoms with Gasteiger partial charge < -0.3 is 4.57 Å². The normalized spacial score (nSPS) is 11.7. The van der Waals surface area contributed by atoms with E-state index < -0.39 is 0 Å². The van der Waals surface area contributed by atoms with Crippen LogP contribution >= 0.6 is 0 Å². The molecule has 1 heterocycles. The first-order valence-corrected chi connectivity index (χ1v) is 19.9. The SMILES string of the molecule is [B]c1c(-c2cc3ccccc3c3ccccc23)c([B])c2ooc3c([B])c(-c4cc5ccccc5c5ccccc45)c([B])c([B])c3n(-c3ccc(-c4ccccc4)cc3)c2c1[B]. The number of nitrogens with zero attached hydrogens (tertiary/aromatic N) is 1. The maximum Gasteiger partial charge on any atom is 0.195 e. The molecule has 0 aliphatic carbocycles. The van der Waals surface area contributed by atoms with Crippen molar-refractivity contribution in [2.24, 2.45) is 0 Å². The molecule has 0 atom stereocenters. The Hall–Kier alpha value is -6.97. The van der Waals surface area contributed by atoms with E-state index in [1.807, 2.05) is 108 Å². The molecule has 0 amide bonds. The molecule has 1 aromatic heterocycles. The van der Waals surface area contributed by atoms with Crippen molar-refractivity contribution in [2.45, 2.75) is 0 Å². The molecule has 0 spiro atoms. The second-order valence-electron chi connectivity index (χ2n) is 15.4. The summed E-state index contributed by atoms with van der Waals surface area (Å²) >= 11 is 0. The van der Waals surface area contributed by atoms with Crippen LogP contribution < -0.4 is 32.8 Å². The summed E-state index contributed by atoms with van der Waals surface area (Å²) in [5, 5.41) is 8.18. The molecule has 0 bridgehead atoms. The van der Waals surface area contributed by atoms with Crippen molar-refractivity contribution < 1.29 is 9.15 Å². The third kappa shape index (κ3) is 5.67. The van der Waals surface area contributed by atoms with Gasteiger partial charge in [-0.3, -0.25) is 9.15 Å². The second-order valence-corrected chi connectivity index (χ2v) is 15.4. The quantitative estimate of drug-likeness (QED) is 0.106. The van der Waals surface area contributed by atoms with Crippen LogP contribution in [0.15, 0.2) is 173 Å². The van der Waals surface area contributed by atoms with Crippen molar-refractivity contribution in [2.75, 3.05) is 0 Å². The minimum Gasteiger partial charge on any atom is -0.304 e. The lowest BCUT2D eigenvalue weighted by molar-refractivity contribution is 0.0930. The Labute approximate surface area is 360 Å². The summed E-state index contributed by atoms with van der Waals surface area (Å²) in [6.07, 6.45) is 0. The predicted molar refractivity (Wildman–Crippen MR) is 262 cm³/mol. The van der Waals surface area contributed by atoms with Gasteiger partial charge in [0, 0.05) is 5.69 Å². The van der Waals surface area contributed by atoms with Crippen molar-refractivity contribution in [1.82, 2.24) is 4.57 Å². The number of rotatable bonds is 4. The zero-order chi connectivity index (χ0) is 41.5. The van der Waals surface area contributed by atoms with Gasteiger partial charge in [0.05, 0.1) is 11.0 Å². The molecule has 0 saturated heterocycles. The van der Waals surface area contributed by atoms with E-state index in [2.05, 4.69) is 60.7 Å². The molecule has 11 rings (SSSR count). The van der Waals surface area contributed by atoms with Gasteiger partial charge in [0.1, 0.15) is 47.1 Å². The fourth-order valence-electron chi connectivity index (χ4n) is 9.14. The Morgan fingerprint density at radius 1 is 0.328 bits per heavy atom. The average Bonchev–Trinajstić information content (AvgIpc) is 3.49. The van der Waals surface area contributed by atoms with E-state index in [-0.39, 0.29) is 43.9 Å². The third-order valence-electron chi connectivity index (χ3n) is 12.1. The lowest BCUT2D eigenvalue weighted by atomic mass is 9.69. The van der Waals surface area contributed by atoms with Crippen molar-refractivity contribution in [1.29, 1.82) is 0 Å². The first-order chi connectivity index (χ1) is 29.8. The highest BCUT2D eigenvalue weighted by Gasteiger charge is 2.25. The highest BCUT2D eigenvalue weighted by molar-refractivity contribution is 6.61. The van der Waals surface area contributed by atoms with Crippen LogP contribution in [-0.2, 0) is 0 Å². The minimum atomic E-state index is 0.136. The van der Waals surface area contributed by atoms with Gasteiger partial charge in [-0.25, -0.2) is 0 Å². The molecule has 11 aromatic rings. The van der Waals surface area contributed by atoms with Crippen molar-refractivity contribution in [3.05, 3.63) is 164 Å². The minimum absolute atomic E-state index is 0.136. The standard InChI is InChI=1S/C52H27B6NO2/c53-43-41(39-26-30-14-4-6-16-33(30)35-18-8-10-20-37(35)39)45(55)51-49(47(43)57)59(32-24-22-29(23-25-32)28-12-2-1-3-13-28)50-48(58)44(54)42(46(56)52(50)61-60-51)40-27-31-15-5-7-17-34(31)36-19-9-11-21-38(36)40/h1-27H. The van der Waals surface area contributed by atoms with Crippen molar-refractivity contribution in [3.63, 3.8) is 0 Å². The van der Waals surface area contributed by atoms with Crippen LogP contribution in [0.2, 0.25) is 0 Å². The van der Waals surface area contributed by atoms with Crippen LogP contribution in [-0.4, -0.2) is 51.6 Å². The largest absolute Gasteiger partial charge is 0.304 e. The Balaban J connectivity index is 1.28. The van der Waals surface area contributed by atoms with Crippen LogP contribution in [0.4, 0.5) is 0 Å². The topological polar surface area (TPSA) is 31.2 Å². The van der Waals surface area contributed by atoms with Gasteiger partial charge in [0.15, 0.2) is 11.2 Å². The van der Waals surface area contributed by atoms with Gasteiger partial charge in [0.2, 0.25) is 0 Å². The van der Waals surface area contributed by atoms with E-state index in [9.17, 15) is 0 Å². The van der Waals surface area contributed by atoms with Crippen LogP contribution in [0.25, 0.3) is 104 Å². The Morgan fingerprint density at radius 3 is 1.16 bits per heavy atom. The third-order valence-corrected chi connectivity index (χ3v) is 12.1. The van der Waals surface area contributed by atoms with Gasteiger partial charge in [-0.2, -0.15) is 0 Å². The summed E-state index contributed by atoms with van der Waals surface area (Å²) in [7, 11) is 43.4. The van der Waals surface area contributed by atoms with Gasteiger partial charge in [-0.15, -0.1) is 0 Å². The molecular formula is C52H27B6NO2. The molecule has 0 unspecified atom stereocenters. The molecule has 0 saturated carbocycles. The smallest absolute Gasteiger partial charge is 0.195 e. The Morgan fingerprint density at radius 2 is 0.705 bits per heavy atom. The number of benzene rings is 10. The highest BCUT2D eigenvalue weighted by Crippen LogP contribution is 2.37. The average molecular weight is 763 g/mol. The molecule has 0 N–H and O–H groups in total. The molecule has 270 valence electrons. The van der Waals surface area contributed by atoms with E-state index in [0.29, 0.717) is 27.8 Å². The summed E-state index contributed by atoms with van der Waals surface area (Å²) in [5.41, 5.74) is 7.56. The number of hydrogen-bond acceptors (Lipinski definition) is 2. The summed E-state index contributed by atoms with van der Waals surface area (Å²) in [5.74, 6) is 0. The zero-order valence-corrected chi connectivity index (χ0v) is 32.8. The van der Waals surface area contributed by atoms with Crippen LogP contribution in [0.5, 0.6) is 0 Å². The van der Waals surface area contributed by atoms with Gasteiger partial charge in [-0.1, -0.05) is 161 Å². The van der Waals surface area contributed by atoms with Crippen molar-refractivity contribution in [3.8, 4) is 39.1 Å². The number of hydrogen-bond donors (Lipinski definition) is 0. The first-order valence-electron chi connectivity index (χ1n) is 19.9. The van der Waals surface area contributed by atoms with Crippen LogP contribution in [0, 0.1) is 0 Å². The van der Waals surface area contributed by atoms with E-state index >= 15 is 0 Å². The van der Waals surface area contributed by atoms with E-state index in [1.165, 1.54) is 0 Å². The zero-order valence-electron chi connectivity index (χ0n) is 32.8. The second kappa shape index (κ2) is 14.3. The molecule has 0 fully saturated rings. The molecular weight excluding hydrogens is 735 g/mol.